The van der Waals surface area contributed by atoms with Crippen LogP contribution in [0.5, 0.6) is 11.5 Å². The summed E-state index contributed by atoms with van der Waals surface area (Å²) in [6, 6.07) is 5.99. The van der Waals surface area contributed by atoms with Crippen molar-refractivity contribution in [2.75, 3.05) is 6.79 Å². The van der Waals surface area contributed by atoms with E-state index in [2.05, 4.69) is 6.92 Å². The maximum atomic E-state index is 11.4. The highest BCUT2D eigenvalue weighted by Crippen LogP contribution is 2.33. The minimum atomic E-state index is 0.308. The van der Waals surface area contributed by atoms with Crippen molar-refractivity contribution in [2.24, 2.45) is 5.92 Å². The van der Waals surface area contributed by atoms with Crippen molar-refractivity contribution in [3.8, 4) is 11.5 Å². The number of benzene rings is 1. The number of fused-ring (bicyclic) bond motifs is 1. The van der Waals surface area contributed by atoms with E-state index in [1.54, 1.807) is 0 Å². The van der Waals surface area contributed by atoms with Gasteiger partial charge in [-0.25, -0.2) is 0 Å². The Kier molecular flexibility index (Phi) is 3.67. The SMILES string of the molecule is CCC(=O)CC(C)Cc1ccc2c(c1)OCO2. The maximum absolute atomic E-state index is 11.4. The van der Waals surface area contributed by atoms with E-state index >= 15 is 0 Å². The number of hydrogen-bond acceptors (Lipinski definition) is 3. The molecule has 1 aliphatic heterocycles. The Hall–Kier alpha value is -1.51. The van der Waals surface area contributed by atoms with Crippen molar-refractivity contribution >= 4 is 5.78 Å². The first-order chi connectivity index (χ1) is 8.19. The van der Waals surface area contributed by atoms with Gasteiger partial charge in [-0.3, -0.25) is 4.79 Å². The van der Waals surface area contributed by atoms with Crippen LogP contribution in [-0.4, -0.2) is 12.6 Å². The molecule has 1 heterocycles. The van der Waals surface area contributed by atoms with Gasteiger partial charge in [0.25, 0.3) is 0 Å². The minimum Gasteiger partial charge on any atom is -0.454 e. The monoisotopic (exact) mass is 234 g/mol. The van der Waals surface area contributed by atoms with Gasteiger partial charge in [0.1, 0.15) is 5.78 Å². The Bertz CT molecular complexity index is 412. The lowest BCUT2D eigenvalue weighted by atomic mass is 9.95. The van der Waals surface area contributed by atoms with Crippen molar-refractivity contribution < 1.29 is 14.3 Å². The molecule has 0 bridgehead atoms. The molecule has 0 spiro atoms. The van der Waals surface area contributed by atoms with Crippen molar-refractivity contribution in [3.63, 3.8) is 0 Å². The highest BCUT2D eigenvalue weighted by Gasteiger charge is 2.15. The Balaban J connectivity index is 1.97. The van der Waals surface area contributed by atoms with Gasteiger partial charge in [-0.15, -0.1) is 0 Å². The molecule has 2 rings (SSSR count). The molecule has 92 valence electrons. The molecule has 1 aromatic rings. The number of hydrogen-bond donors (Lipinski definition) is 0. The van der Waals surface area contributed by atoms with Gasteiger partial charge in [-0.1, -0.05) is 19.9 Å². The molecule has 17 heavy (non-hydrogen) atoms. The van der Waals surface area contributed by atoms with E-state index in [-0.39, 0.29) is 0 Å². The van der Waals surface area contributed by atoms with E-state index in [1.807, 2.05) is 25.1 Å². The van der Waals surface area contributed by atoms with Crippen molar-refractivity contribution in [2.45, 2.75) is 33.1 Å². The van der Waals surface area contributed by atoms with Crippen LogP contribution >= 0.6 is 0 Å². The first kappa shape index (κ1) is 12.0. The number of ketones is 1. The van der Waals surface area contributed by atoms with Crippen LogP contribution < -0.4 is 9.47 Å². The zero-order chi connectivity index (χ0) is 12.3. The molecule has 0 saturated carbocycles. The molecule has 1 aliphatic rings. The second kappa shape index (κ2) is 5.21. The fourth-order valence-corrected chi connectivity index (χ4v) is 2.08. The normalized spacial score (nSPS) is 14.7. The molecule has 1 aromatic carbocycles. The first-order valence-electron chi connectivity index (χ1n) is 6.09. The van der Waals surface area contributed by atoms with Crippen LogP contribution in [-0.2, 0) is 11.2 Å². The van der Waals surface area contributed by atoms with Gasteiger partial charge >= 0.3 is 0 Å². The lowest BCUT2D eigenvalue weighted by Crippen LogP contribution is -2.07. The topological polar surface area (TPSA) is 35.5 Å². The number of ether oxygens (including phenoxy) is 2. The van der Waals surface area contributed by atoms with Crippen molar-refractivity contribution in [1.29, 1.82) is 0 Å². The third kappa shape index (κ3) is 2.99. The van der Waals surface area contributed by atoms with Gasteiger partial charge in [0, 0.05) is 12.8 Å². The molecule has 0 aliphatic carbocycles. The number of rotatable bonds is 5. The van der Waals surface area contributed by atoms with E-state index in [0.29, 0.717) is 31.3 Å². The van der Waals surface area contributed by atoms with E-state index in [0.717, 1.165) is 17.9 Å². The van der Waals surface area contributed by atoms with Crippen LogP contribution in [0, 0.1) is 5.92 Å². The van der Waals surface area contributed by atoms with Crippen LogP contribution in [0.1, 0.15) is 32.3 Å². The van der Waals surface area contributed by atoms with Gasteiger partial charge in [0.05, 0.1) is 0 Å². The van der Waals surface area contributed by atoms with Crippen molar-refractivity contribution in [1.82, 2.24) is 0 Å². The summed E-state index contributed by atoms with van der Waals surface area (Å²) < 4.78 is 10.6. The minimum absolute atomic E-state index is 0.308. The van der Waals surface area contributed by atoms with Crippen LogP contribution in [0.3, 0.4) is 0 Å². The molecule has 3 heteroatoms. The summed E-state index contributed by atoms with van der Waals surface area (Å²) in [7, 11) is 0. The smallest absolute Gasteiger partial charge is 0.231 e. The van der Waals surface area contributed by atoms with Crippen LogP contribution in [0.4, 0.5) is 0 Å². The molecule has 1 atom stereocenters. The van der Waals surface area contributed by atoms with Gasteiger partial charge in [-0.2, -0.15) is 0 Å². The molecule has 0 radical (unpaired) electrons. The predicted molar refractivity (Wildman–Crippen MR) is 65.3 cm³/mol. The summed E-state index contributed by atoms with van der Waals surface area (Å²) >= 11 is 0. The maximum Gasteiger partial charge on any atom is 0.231 e. The molecular formula is C14H18O3. The summed E-state index contributed by atoms with van der Waals surface area (Å²) in [4.78, 5) is 11.4. The van der Waals surface area contributed by atoms with Crippen molar-refractivity contribution in [3.05, 3.63) is 23.8 Å². The molecule has 0 amide bonds. The second-order valence-electron chi connectivity index (χ2n) is 4.59. The first-order valence-corrected chi connectivity index (χ1v) is 6.09. The van der Waals surface area contributed by atoms with E-state index in [9.17, 15) is 4.79 Å². The van der Waals surface area contributed by atoms with Gasteiger partial charge < -0.3 is 9.47 Å². The highest BCUT2D eigenvalue weighted by molar-refractivity contribution is 5.78. The zero-order valence-electron chi connectivity index (χ0n) is 10.4. The Morgan fingerprint density at radius 1 is 1.35 bits per heavy atom. The average Bonchev–Trinajstić information content (AvgIpc) is 2.75. The molecule has 0 N–H and O–H groups in total. The van der Waals surface area contributed by atoms with E-state index in [4.69, 9.17) is 9.47 Å². The molecule has 1 unspecified atom stereocenters. The van der Waals surface area contributed by atoms with Crippen LogP contribution in [0.2, 0.25) is 0 Å². The lowest BCUT2D eigenvalue weighted by Gasteiger charge is -2.10. The molecule has 3 nitrogen and oxygen atoms in total. The van der Waals surface area contributed by atoms with Gasteiger partial charge in [-0.05, 0) is 30.0 Å². The Morgan fingerprint density at radius 3 is 2.88 bits per heavy atom. The lowest BCUT2D eigenvalue weighted by molar-refractivity contribution is -0.119. The molecular weight excluding hydrogens is 216 g/mol. The number of Topliss-reactive ketones (excluding diaryl/α,β-unsaturated/α-hetero) is 1. The molecule has 0 saturated heterocycles. The van der Waals surface area contributed by atoms with Gasteiger partial charge in [0.2, 0.25) is 6.79 Å². The molecule has 0 fully saturated rings. The number of carbonyl (C=O) groups excluding carboxylic acids is 1. The Morgan fingerprint density at radius 2 is 2.12 bits per heavy atom. The fraction of sp³-hybridized carbons (Fsp3) is 0.500. The summed E-state index contributed by atoms with van der Waals surface area (Å²) in [6.45, 7) is 4.33. The quantitative estimate of drug-likeness (QED) is 0.785. The van der Waals surface area contributed by atoms with Crippen LogP contribution in [0.25, 0.3) is 0 Å². The van der Waals surface area contributed by atoms with E-state index in [1.165, 1.54) is 5.56 Å². The van der Waals surface area contributed by atoms with Gasteiger partial charge in [0.15, 0.2) is 11.5 Å². The van der Waals surface area contributed by atoms with Crippen LogP contribution in [0.15, 0.2) is 18.2 Å². The van der Waals surface area contributed by atoms with E-state index < -0.39 is 0 Å². The summed E-state index contributed by atoms with van der Waals surface area (Å²) in [5.41, 5.74) is 1.20. The second-order valence-corrected chi connectivity index (χ2v) is 4.59. The molecule has 0 aromatic heterocycles. The third-order valence-corrected chi connectivity index (χ3v) is 2.99. The predicted octanol–water partition coefficient (Wildman–Crippen LogP) is 2.96. The Labute approximate surface area is 102 Å². The third-order valence-electron chi connectivity index (χ3n) is 2.99. The summed E-state index contributed by atoms with van der Waals surface area (Å²) in [5, 5.41) is 0. The highest BCUT2D eigenvalue weighted by atomic mass is 16.7. The largest absolute Gasteiger partial charge is 0.454 e. The number of carbonyl (C=O) groups is 1. The fourth-order valence-electron chi connectivity index (χ4n) is 2.08. The standard InChI is InChI=1S/C14H18O3/c1-3-12(15)7-10(2)6-11-4-5-13-14(8-11)17-9-16-13/h4-5,8,10H,3,6-7,9H2,1-2H3. The summed E-state index contributed by atoms with van der Waals surface area (Å²) in [5.74, 6) is 2.34. The zero-order valence-corrected chi connectivity index (χ0v) is 10.4. The average molecular weight is 234 g/mol. The summed E-state index contributed by atoms with van der Waals surface area (Å²) in [6.07, 6.45) is 2.19.